The van der Waals surface area contributed by atoms with E-state index in [1.165, 1.54) is 4.88 Å². The number of rotatable bonds is 5. The van der Waals surface area contributed by atoms with Gasteiger partial charge in [-0.1, -0.05) is 24.9 Å². The highest BCUT2D eigenvalue weighted by atomic mass is 35.5. The maximum absolute atomic E-state index is 12.4. The van der Waals surface area contributed by atoms with Crippen molar-refractivity contribution in [3.05, 3.63) is 21.3 Å². The largest absolute Gasteiger partial charge is 0.339 e. The minimum Gasteiger partial charge on any atom is -0.339 e. The number of hydrogen-bond donors (Lipinski definition) is 1. The van der Waals surface area contributed by atoms with Gasteiger partial charge < -0.3 is 10.6 Å². The van der Waals surface area contributed by atoms with Crippen molar-refractivity contribution in [1.82, 2.24) is 9.80 Å². The Bertz CT molecular complexity index is 481. The first-order valence-corrected chi connectivity index (χ1v) is 8.66. The van der Waals surface area contributed by atoms with Gasteiger partial charge in [-0.25, -0.2) is 0 Å². The molecule has 1 aromatic rings. The van der Waals surface area contributed by atoms with Gasteiger partial charge in [-0.3, -0.25) is 9.69 Å². The first-order valence-electron chi connectivity index (χ1n) is 7.47. The second kappa shape index (κ2) is 7.09. The number of carbonyl (C=O) groups excluding carboxylic acids is 1. The van der Waals surface area contributed by atoms with Crippen molar-refractivity contribution in [2.75, 3.05) is 26.2 Å². The van der Waals surface area contributed by atoms with Crippen molar-refractivity contribution < 1.29 is 4.79 Å². The average Bonchev–Trinajstić information content (AvgIpc) is 2.84. The van der Waals surface area contributed by atoms with E-state index in [9.17, 15) is 4.79 Å². The molecule has 2 rings (SSSR count). The SMILES string of the molecule is CCCC(C)(N)C(=O)N1CCN(Cc2ccc(Cl)s2)CC1. The Labute approximate surface area is 135 Å². The lowest BCUT2D eigenvalue weighted by atomic mass is 9.95. The van der Waals surface area contributed by atoms with E-state index >= 15 is 0 Å². The van der Waals surface area contributed by atoms with Gasteiger partial charge in [-0.05, 0) is 25.5 Å². The summed E-state index contributed by atoms with van der Waals surface area (Å²) in [5.41, 5.74) is 5.42. The standard InChI is InChI=1S/C15H24ClN3OS/c1-3-6-15(2,17)14(20)19-9-7-18(8-10-19)11-12-4-5-13(16)21-12/h4-5H,3,6-11,17H2,1-2H3. The summed E-state index contributed by atoms with van der Waals surface area (Å²) >= 11 is 7.58. The van der Waals surface area contributed by atoms with Gasteiger partial charge in [0.2, 0.25) is 5.91 Å². The summed E-state index contributed by atoms with van der Waals surface area (Å²) in [6.07, 6.45) is 1.66. The summed E-state index contributed by atoms with van der Waals surface area (Å²) in [6.45, 7) is 8.12. The molecule has 0 bridgehead atoms. The molecule has 0 aromatic carbocycles. The average molecular weight is 330 g/mol. The van der Waals surface area contributed by atoms with Crippen LogP contribution in [0.5, 0.6) is 0 Å². The minimum atomic E-state index is -0.724. The van der Waals surface area contributed by atoms with Crippen LogP contribution >= 0.6 is 22.9 Å². The first-order chi connectivity index (χ1) is 9.92. The molecule has 1 aliphatic rings. The van der Waals surface area contributed by atoms with Gasteiger partial charge in [0, 0.05) is 37.6 Å². The fraction of sp³-hybridized carbons (Fsp3) is 0.667. The summed E-state index contributed by atoms with van der Waals surface area (Å²) in [5.74, 6) is 0.0863. The molecule has 1 aliphatic heterocycles. The highest BCUT2D eigenvalue weighted by Crippen LogP contribution is 2.23. The van der Waals surface area contributed by atoms with Crippen molar-refractivity contribution in [2.24, 2.45) is 5.73 Å². The fourth-order valence-corrected chi connectivity index (χ4v) is 3.88. The summed E-state index contributed by atoms with van der Waals surface area (Å²) in [6, 6.07) is 4.01. The van der Waals surface area contributed by atoms with E-state index in [-0.39, 0.29) is 5.91 Å². The molecule has 0 saturated carbocycles. The van der Waals surface area contributed by atoms with E-state index < -0.39 is 5.54 Å². The molecule has 6 heteroatoms. The molecule has 1 amide bonds. The third-order valence-corrected chi connectivity index (χ3v) is 5.14. The summed E-state index contributed by atoms with van der Waals surface area (Å²) in [4.78, 5) is 18.0. The molecule has 1 fully saturated rings. The molecule has 1 atom stereocenters. The van der Waals surface area contributed by atoms with Crippen molar-refractivity contribution >= 4 is 28.8 Å². The molecular weight excluding hydrogens is 306 g/mol. The Balaban J connectivity index is 1.84. The topological polar surface area (TPSA) is 49.6 Å². The predicted molar refractivity (Wildman–Crippen MR) is 88.7 cm³/mol. The van der Waals surface area contributed by atoms with Crippen LogP contribution in [0.4, 0.5) is 0 Å². The lowest BCUT2D eigenvalue weighted by molar-refractivity contribution is -0.138. The molecule has 2 N–H and O–H groups in total. The van der Waals surface area contributed by atoms with Crippen molar-refractivity contribution in [3.63, 3.8) is 0 Å². The van der Waals surface area contributed by atoms with Crippen LogP contribution in [0, 0.1) is 0 Å². The van der Waals surface area contributed by atoms with Crippen LogP contribution in [-0.4, -0.2) is 47.4 Å². The van der Waals surface area contributed by atoms with Gasteiger partial charge in [0.1, 0.15) is 0 Å². The molecule has 0 radical (unpaired) electrons. The molecule has 0 spiro atoms. The number of hydrogen-bond acceptors (Lipinski definition) is 4. The molecule has 1 aromatic heterocycles. The maximum atomic E-state index is 12.4. The van der Waals surface area contributed by atoms with Gasteiger partial charge in [0.15, 0.2) is 0 Å². The predicted octanol–water partition coefficient (Wildman–Crippen LogP) is 2.56. The zero-order valence-corrected chi connectivity index (χ0v) is 14.3. The van der Waals surface area contributed by atoms with Crippen LogP contribution in [0.15, 0.2) is 12.1 Å². The molecular formula is C15H24ClN3OS. The van der Waals surface area contributed by atoms with Gasteiger partial charge in [-0.2, -0.15) is 0 Å². The van der Waals surface area contributed by atoms with Crippen molar-refractivity contribution in [2.45, 2.75) is 38.8 Å². The van der Waals surface area contributed by atoms with Gasteiger partial charge in [-0.15, -0.1) is 11.3 Å². The van der Waals surface area contributed by atoms with Crippen molar-refractivity contribution in [1.29, 1.82) is 0 Å². The highest BCUT2D eigenvalue weighted by molar-refractivity contribution is 7.16. The lowest BCUT2D eigenvalue weighted by Gasteiger charge is -2.38. The van der Waals surface area contributed by atoms with Crippen LogP contribution in [0.1, 0.15) is 31.6 Å². The Hall–Kier alpha value is -0.620. The number of nitrogens with zero attached hydrogens (tertiary/aromatic N) is 2. The normalized spacial score (nSPS) is 19.5. The molecule has 2 heterocycles. The summed E-state index contributed by atoms with van der Waals surface area (Å²) in [5, 5.41) is 0. The Morgan fingerprint density at radius 2 is 2.05 bits per heavy atom. The zero-order chi connectivity index (χ0) is 15.5. The summed E-state index contributed by atoms with van der Waals surface area (Å²) < 4.78 is 0.831. The number of piperazine rings is 1. The van der Waals surface area contributed by atoms with Crippen LogP contribution in [0.3, 0.4) is 0 Å². The Kier molecular flexibility index (Phi) is 5.66. The van der Waals surface area contributed by atoms with Crippen LogP contribution in [0.25, 0.3) is 0 Å². The van der Waals surface area contributed by atoms with E-state index in [2.05, 4.69) is 17.9 Å². The van der Waals surface area contributed by atoms with Crippen molar-refractivity contribution in [3.8, 4) is 0 Å². The van der Waals surface area contributed by atoms with E-state index in [0.717, 1.165) is 49.9 Å². The molecule has 0 aliphatic carbocycles. The van der Waals surface area contributed by atoms with E-state index in [1.807, 2.05) is 17.9 Å². The number of carbonyl (C=O) groups is 1. The molecule has 4 nitrogen and oxygen atoms in total. The number of halogens is 1. The molecule has 1 unspecified atom stereocenters. The fourth-order valence-electron chi connectivity index (χ4n) is 2.75. The third kappa shape index (κ3) is 4.42. The smallest absolute Gasteiger partial charge is 0.242 e. The molecule has 21 heavy (non-hydrogen) atoms. The highest BCUT2D eigenvalue weighted by Gasteiger charge is 2.33. The van der Waals surface area contributed by atoms with Gasteiger partial charge in [0.25, 0.3) is 0 Å². The zero-order valence-electron chi connectivity index (χ0n) is 12.8. The van der Waals surface area contributed by atoms with Gasteiger partial charge in [0.05, 0.1) is 9.88 Å². The first kappa shape index (κ1) is 16.7. The second-order valence-electron chi connectivity index (χ2n) is 5.94. The Morgan fingerprint density at radius 3 is 2.57 bits per heavy atom. The summed E-state index contributed by atoms with van der Waals surface area (Å²) in [7, 11) is 0. The van der Waals surface area contributed by atoms with Gasteiger partial charge >= 0.3 is 0 Å². The number of thiophene rings is 1. The minimum absolute atomic E-state index is 0.0863. The van der Waals surface area contributed by atoms with Crippen LogP contribution in [-0.2, 0) is 11.3 Å². The lowest BCUT2D eigenvalue weighted by Crippen LogP contribution is -2.58. The second-order valence-corrected chi connectivity index (χ2v) is 7.74. The number of nitrogens with two attached hydrogens (primary N) is 1. The monoisotopic (exact) mass is 329 g/mol. The van der Waals surface area contributed by atoms with E-state index in [4.69, 9.17) is 17.3 Å². The molecule has 118 valence electrons. The van der Waals surface area contributed by atoms with E-state index in [1.54, 1.807) is 11.3 Å². The van der Waals surface area contributed by atoms with Crippen LogP contribution in [0.2, 0.25) is 4.34 Å². The van der Waals surface area contributed by atoms with E-state index in [0.29, 0.717) is 0 Å². The number of amides is 1. The third-order valence-electron chi connectivity index (χ3n) is 3.93. The van der Waals surface area contributed by atoms with Crippen LogP contribution < -0.4 is 5.73 Å². The Morgan fingerprint density at radius 1 is 1.38 bits per heavy atom. The molecule has 1 saturated heterocycles. The quantitative estimate of drug-likeness (QED) is 0.903. The maximum Gasteiger partial charge on any atom is 0.242 e.